The molecule has 2 rings (SSSR count). The van der Waals surface area contributed by atoms with Crippen LogP contribution in [-0.2, 0) is 0 Å². The highest BCUT2D eigenvalue weighted by molar-refractivity contribution is 7.80. The third kappa shape index (κ3) is 5.25. The van der Waals surface area contributed by atoms with Crippen LogP contribution >= 0.6 is 12.2 Å². The van der Waals surface area contributed by atoms with Crippen LogP contribution in [0.1, 0.15) is 18.1 Å². The summed E-state index contributed by atoms with van der Waals surface area (Å²) in [5, 5.41) is 7.21. The van der Waals surface area contributed by atoms with Gasteiger partial charge in [0.25, 0.3) is 0 Å². The second-order valence-corrected chi connectivity index (χ2v) is 6.02. The van der Waals surface area contributed by atoms with Crippen LogP contribution in [0.15, 0.2) is 48.5 Å². The Kier molecular flexibility index (Phi) is 6.41. The Morgan fingerprint density at radius 1 is 1.09 bits per heavy atom. The van der Waals surface area contributed by atoms with Gasteiger partial charge in [0.15, 0.2) is 5.11 Å². The molecule has 23 heavy (non-hydrogen) atoms. The fraction of sp³-hybridized carbons (Fsp3) is 0.316. The zero-order valence-electron chi connectivity index (χ0n) is 14.1. The topological polar surface area (TPSA) is 27.3 Å². The normalized spacial score (nSPS) is 10.2. The standard InChI is InChI=1S/C19H25N3S/c1-4-22(17-10-7-8-15(2)14-17)13-12-20-19(23)21-18-11-6-5-9-16(18)3/h5-11,14H,4,12-13H2,1-3H3,(H2,20,21,23). The van der Waals surface area contributed by atoms with Gasteiger partial charge in [0, 0.05) is 31.0 Å². The summed E-state index contributed by atoms with van der Waals surface area (Å²) < 4.78 is 0. The van der Waals surface area contributed by atoms with E-state index in [2.05, 4.69) is 66.6 Å². The predicted molar refractivity (Wildman–Crippen MR) is 104 cm³/mol. The van der Waals surface area contributed by atoms with Crippen LogP contribution in [0, 0.1) is 13.8 Å². The lowest BCUT2D eigenvalue weighted by Gasteiger charge is -2.24. The molecule has 0 aliphatic heterocycles. The molecule has 0 aliphatic carbocycles. The molecular formula is C19H25N3S. The fourth-order valence-electron chi connectivity index (χ4n) is 2.48. The first kappa shape index (κ1) is 17.3. The highest BCUT2D eigenvalue weighted by Crippen LogP contribution is 2.15. The van der Waals surface area contributed by atoms with Crippen molar-refractivity contribution in [1.29, 1.82) is 0 Å². The average Bonchev–Trinajstić information content (AvgIpc) is 2.54. The number of nitrogens with zero attached hydrogens (tertiary/aromatic N) is 1. The molecule has 2 aromatic rings. The summed E-state index contributed by atoms with van der Waals surface area (Å²) in [5.74, 6) is 0. The monoisotopic (exact) mass is 327 g/mol. The third-order valence-electron chi connectivity index (χ3n) is 3.81. The number of para-hydroxylation sites is 1. The van der Waals surface area contributed by atoms with Crippen molar-refractivity contribution in [2.75, 3.05) is 29.9 Å². The van der Waals surface area contributed by atoms with E-state index in [9.17, 15) is 0 Å². The van der Waals surface area contributed by atoms with Crippen molar-refractivity contribution in [2.24, 2.45) is 0 Å². The molecule has 0 radical (unpaired) electrons. The maximum atomic E-state index is 5.38. The first-order chi connectivity index (χ1) is 11.1. The van der Waals surface area contributed by atoms with Gasteiger partial charge in [-0.3, -0.25) is 0 Å². The largest absolute Gasteiger partial charge is 0.370 e. The minimum absolute atomic E-state index is 0.666. The lowest BCUT2D eigenvalue weighted by atomic mass is 10.2. The molecule has 0 aliphatic rings. The Morgan fingerprint density at radius 3 is 2.57 bits per heavy atom. The van der Waals surface area contributed by atoms with E-state index in [-0.39, 0.29) is 0 Å². The number of benzene rings is 2. The van der Waals surface area contributed by atoms with Crippen molar-refractivity contribution >= 4 is 28.7 Å². The minimum atomic E-state index is 0.666. The molecule has 0 spiro atoms. The predicted octanol–water partition coefficient (Wildman–Crippen LogP) is 4.12. The van der Waals surface area contributed by atoms with Crippen LogP contribution in [0.3, 0.4) is 0 Å². The van der Waals surface area contributed by atoms with Crippen LogP contribution in [-0.4, -0.2) is 24.7 Å². The molecular weight excluding hydrogens is 302 g/mol. The maximum Gasteiger partial charge on any atom is 0.170 e. The molecule has 0 heterocycles. The summed E-state index contributed by atoms with van der Waals surface area (Å²) in [6.07, 6.45) is 0. The molecule has 3 nitrogen and oxygen atoms in total. The van der Waals surface area contributed by atoms with Gasteiger partial charge < -0.3 is 15.5 Å². The van der Waals surface area contributed by atoms with Gasteiger partial charge in [-0.1, -0.05) is 30.3 Å². The number of hydrogen-bond acceptors (Lipinski definition) is 2. The zero-order valence-corrected chi connectivity index (χ0v) is 14.9. The number of likely N-dealkylation sites (N-methyl/N-ethyl adjacent to an activating group) is 1. The van der Waals surface area contributed by atoms with Crippen molar-refractivity contribution in [3.63, 3.8) is 0 Å². The third-order valence-corrected chi connectivity index (χ3v) is 4.06. The van der Waals surface area contributed by atoms with Crippen LogP contribution < -0.4 is 15.5 Å². The van der Waals surface area contributed by atoms with E-state index in [4.69, 9.17) is 12.2 Å². The second kappa shape index (κ2) is 8.53. The average molecular weight is 327 g/mol. The number of aryl methyl sites for hydroxylation is 2. The summed E-state index contributed by atoms with van der Waals surface area (Å²) in [4.78, 5) is 2.34. The molecule has 0 saturated heterocycles. The number of anilines is 2. The van der Waals surface area contributed by atoms with Gasteiger partial charge in [0.1, 0.15) is 0 Å². The molecule has 0 bridgehead atoms. The molecule has 4 heteroatoms. The van der Waals surface area contributed by atoms with Gasteiger partial charge >= 0.3 is 0 Å². The highest BCUT2D eigenvalue weighted by atomic mass is 32.1. The van der Waals surface area contributed by atoms with Gasteiger partial charge in [-0.25, -0.2) is 0 Å². The van der Waals surface area contributed by atoms with Crippen LogP contribution in [0.2, 0.25) is 0 Å². The van der Waals surface area contributed by atoms with Crippen molar-refractivity contribution in [2.45, 2.75) is 20.8 Å². The van der Waals surface area contributed by atoms with Crippen LogP contribution in [0.5, 0.6) is 0 Å². The lowest BCUT2D eigenvalue weighted by Crippen LogP contribution is -2.37. The molecule has 0 amide bonds. The van der Waals surface area contributed by atoms with Gasteiger partial charge in [-0.15, -0.1) is 0 Å². The molecule has 2 N–H and O–H groups in total. The number of hydrogen-bond donors (Lipinski definition) is 2. The summed E-state index contributed by atoms with van der Waals surface area (Å²) in [6, 6.07) is 16.7. The summed E-state index contributed by atoms with van der Waals surface area (Å²) in [5.41, 5.74) is 4.78. The number of thiocarbonyl (C=S) groups is 1. The Labute approximate surface area is 144 Å². The highest BCUT2D eigenvalue weighted by Gasteiger charge is 2.05. The molecule has 0 unspecified atom stereocenters. The van der Waals surface area contributed by atoms with Crippen molar-refractivity contribution in [3.05, 3.63) is 59.7 Å². The van der Waals surface area contributed by atoms with E-state index in [0.717, 1.165) is 25.3 Å². The first-order valence-electron chi connectivity index (χ1n) is 8.02. The lowest BCUT2D eigenvalue weighted by molar-refractivity contribution is 0.779. The van der Waals surface area contributed by atoms with Gasteiger partial charge in [0.2, 0.25) is 0 Å². The smallest absolute Gasteiger partial charge is 0.170 e. The van der Waals surface area contributed by atoms with Gasteiger partial charge in [0.05, 0.1) is 0 Å². The SMILES string of the molecule is CCN(CCNC(=S)Nc1ccccc1C)c1cccc(C)c1. The molecule has 0 aromatic heterocycles. The molecule has 2 aromatic carbocycles. The molecule has 0 saturated carbocycles. The van der Waals surface area contributed by atoms with E-state index in [1.54, 1.807) is 0 Å². The molecule has 0 atom stereocenters. The van der Waals surface area contributed by atoms with E-state index < -0.39 is 0 Å². The second-order valence-electron chi connectivity index (χ2n) is 5.61. The Balaban J connectivity index is 1.83. The summed E-state index contributed by atoms with van der Waals surface area (Å²) in [6.45, 7) is 9.06. The van der Waals surface area contributed by atoms with Crippen molar-refractivity contribution < 1.29 is 0 Å². The van der Waals surface area contributed by atoms with E-state index in [1.165, 1.54) is 16.8 Å². The molecule has 0 fully saturated rings. The van der Waals surface area contributed by atoms with Gasteiger partial charge in [-0.2, -0.15) is 0 Å². The van der Waals surface area contributed by atoms with Gasteiger partial charge in [-0.05, 0) is 62.3 Å². The number of rotatable bonds is 6. The van der Waals surface area contributed by atoms with E-state index in [1.807, 2.05) is 18.2 Å². The summed E-state index contributed by atoms with van der Waals surface area (Å²) >= 11 is 5.38. The Hall–Kier alpha value is -2.07. The molecule has 122 valence electrons. The Morgan fingerprint density at radius 2 is 1.87 bits per heavy atom. The van der Waals surface area contributed by atoms with Crippen molar-refractivity contribution in [3.8, 4) is 0 Å². The maximum absolute atomic E-state index is 5.38. The zero-order chi connectivity index (χ0) is 16.7. The number of nitrogens with one attached hydrogen (secondary N) is 2. The first-order valence-corrected chi connectivity index (χ1v) is 8.43. The van der Waals surface area contributed by atoms with E-state index >= 15 is 0 Å². The summed E-state index contributed by atoms with van der Waals surface area (Å²) in [7, 11) is 0. The minimum Gasteiger partial charge on any atom is -0.370 e. The van der Waals surface area contributed by atoms with Crippen LogP contribution in [0.25, 0.3) is 0 Å². The van der Waals surface area contributed by atoms with Crippen LogP contribution in [0.4, 0.5) is 11.4 Å². The fourth-order valence-corrected chi connectivity index (χ4v) is 2.69. The van der Waals surface area contributed by atoms with Crippen molar-refractivity contribution in [1.82, 2.24) is 5.32 Å². The van der Waals surface area contributed by atoms with E-state index in [0.29, 0.717) is 5.11 Å². The quantitative estimate of drug-likeness (QED) is 0.781. The Bertz CT molecular complexity index is 655.